The summed E-state index contributed by atoms with van der Waals surface area (Å²) in [5, 5.41) is 18.4. The summed E-state index contributed by atoms with van der Waals surface area (Å²) >= 11 is 0. The largest absolute Gasteiger partial charge is 0.479 e. The normalized spacial score (nSPS) is 27.3. The molecule has 5 heteroatoms. The minimum absolute atomic E-state index is 0.179. The number of rotatable bonds is 4. The Morgan fingerprint density at radius 1 is 1.67 bits per heavy atom. The van der Waals surface area contributed by atoms with Gasteiger partial charge in [-0.25, -0.2) is 4.79 Å². The molecule has 0 spiro atoms. The first-order chi connectivity index (χ1) is 6.95. The predicted molar refractivity (Wildman–Crippen MR) is 56.5 cm³/mol. The van der Waals surface area contributed by atoms with Crippen LogP contribution in [0.15, 0.2) is 0 Å². The number of likely N-dealkylation sites (tertiary alicyclic amines) is 1. The first-order valence-electron chi connectivity index (χ1n) is 5.34. The van der Waals surface area contributed by atoms with Crippen LogP contribution in [-0.2, 0) is 4.79 Å². The van der Waals surface area contributed by atoms with Crippen LogP contribution < -0.4 is 5.73 Å². The van der Waals surface area contributed by atoms with E-state index in [1.54, 1.807) is 0 Å². The average molecular weight is 216 g/mol. The standard InChI is InChI=1S/C10H20N2O3/c1-10(15,9(13)14)7-12-4-2-3-8(5-11)6-12/h8,15H,2-7,11H2,1H3,(H,13,14). The minimum Gasteiger partial charge on any atom is -0.479 e. The molecule has 1 fully saturated rings. The molecule has 0 aliphatic carbocycles. The highest BCUT2D eigenvalue weighted by atomic mass is 16.4. The number of nitrogens with two attached hydrogens (primary N) is 1. The molecule has 0 aromatic heterocycles. The van der Waals surface area contributed by atoms with E-state index in [4.69, 9.17) is 10.8 Å². The molecule has 4 N–H and O–H groups in total. The summed E-state index contributed by atoms with van der Waals surface area (Å²) in [6, 6.07) is 0. The Hall–Kier alpha value is -0.650. The van der Waals surface area contributed by atoms with Crippen LogP contribution in [0.4, 0.5) is 0 Å². The molecule has 0 aromatic carbocycles. The number of aliphatic hydroxyl groups is 1. The van der Waals surface area contributed by atoms with E-state index in [0.717, 1.165) is 25.9 Å². The van der Waals surface area contributed by atoms with Gasteiger partial charge in [0.2, 0.25) is 0 Å². The van der Waals surface area contributed by atoms with Crippen molar-refractivity contribution < 1.29 is 15.0 Å². The van der Waals surface area contributed by atoms with Crippen LogP contribution in [-0.4, -0.2) is 52.9 Å². The second-order valence-electron chi connectivity index (χ2n) is 4.56. The van der Waals surface area contributed by atoms with E-state index in [0.29, 0.717) is 12.5 Å². The van der Waals surface area contributed by atoms with Gasteiger partial charge in [0.1, 0.15) is 0 Å². The summed E-state index contributed by atoms with van der Waals surface area (Å²) in [4.78, 5) is 12.7. The van der Waals surface area contributed by atoms with Gasteiger partial charge >= 0.3 is 5.97 Å². The van der Waals surface area contributed by atoms with Crippen LogP contribution in [0.2, 0.25) is 0 Å². The lowest BCUT2D eigenvalue weighted by Gasteiger charge is -2.35. The Balaban J connectivity index is 2.47. The Morgan fingerprint density at radius 3 is 2.87 bits per heavy atom. The fraction of sp³-hybridized carbons (Fsp3) is 0.900. The topological polar surface area (TPSA) is 86.8 Å². The maximum absolute atomic E-state index is 10.7. The summed E-state index contributed by atoms with van der Waals surface area (Å²) < 4.78 is 0. The first kappa shape index (κ1) is 12.4. The van der Waals surface area contributed by atoms with Crippen molar-refractivity contribution in [2.24, 2.45) is 11.7 Å². The molecule has 1 saturated heterocycles. The molecule has 2 atom stereocenters. The molecule has 0 amide bonds. The van der Waals surface area contributed by atoms with Gasteiger partial charge in [0, 0.05) is 13.1 Å². The van der Waals surface area contributed by atoms with Crippen molar-refractivity contribution in [3.63, 3.8) is 0 Å². The number of β-amino-alcohol motifs (C(OH)–C–C–N with tert-alkyl or cyclic N) is 1. The maximum Gasteiger partial charge on any atom is 0.336 e. The third-order valence-corrected chi connectivity index (χ3v) is 2.93. The minimum atomic E-state index is -1.66. The van der Waals surface area contributed by atoms with Crippen LogP contribution in [0.25, 0.3) is 0 Å². The number of carbonyl (C=O) groups is 1. The summed E-state index contributed by atoms with van der Waals surface area (Å²) in [7, 11) is 0. The van der Waals surface area contributed by atoms with Crippen molar-refractivity contribution in [1.82, 2.24) is 4.90 Å². The van der Waals surface area contributed by atoms with E-state index in [2.05, 4.69) is 0 Å². The van der Waals surface area contributed by atoms with E-state index in [1.807, 2.05) is 4.90 Å². The highest BCUT2D eigenvalue weighted by Crippen LogP contribution is 2.17. The monoisotopic (exact) mass is 216 g/mol. The van der Waals surface area contributed by atoms with Crippen molar-refractivity contribution >= 4 is 5.97 Å². The average Bonchev–Trinajstić information content (AvgIpc) is 2.17. The second kappa shape index (κ2) is 4.92. The van der Waals surface area contributed by atoms with E-state index < -0.39 is 11.6 Å². The fourth-order valence-electron chi connectivity index (χ4n) is 1.99. The summed E-state index contributed by atoms with van der Waals surface area (Å²) in [5.74, 6) is -0.735. The lowest BCUT2D eigenvalue weighted by Crippen LogP contribution is -2.50. The third-order valence-electron chi connectivity index (χ3n) is 2.93. The number of hydrogen-bond acceptors (Lipinski definition) is 4. The van der Waals surface area contributed by atoms with Gasteiger partial charge in [-0.2, -0.15) is 0 Å². The van der Waals surface area contributed by atoms with Crippen molar-refractivity contribution in [2.75, 3.05) is 26.2 Å². The van der Waals surface area contributed by atoms with Crippen LogP contribution in [0, 0.1) is 5.92 Å². The molecule has 0 saturated carbocycles. The predicted octanol–water partition coefficient (Wildman–Crippen LogP) is -0.507. The zero-order chi connectivity index (χ0) is 11.5. The van der Waals surface area contributed by atoms with Gasteiger partial charge in [0.15, 0.2) is 5.60 Å². The number of piperidine rings is 1. The Morgan fingerprint density at radius 2 is 2.33 bits per heavy atom. The molecule has 5 nitrogen and oxygen atoms in total. The smallest absolute Gasteiger partial charge is 0.336 e. The fourth-order valence-corrected chi connectivity index (χ4v) is 1.99. The van der Waals surface area contributed by atoms with Gasteiger partial charge in [-0.3, -0.25) is 4.90 Å². The van der Waals surface area contributed by atoms with E-state index in [9.17, 15) is 9.90 Å². The number of aliphatic carboxylic acids is 1. The highest BCUT2D eigenvalue weighted by molar-refractivity contribution is 5.76. The molecule has 0 aromatic rings. The molecule has 1 heterocycles. The highest BCUT2D eigenvalue weighted by Gasteiger charge is 2.33. The van der Waals surface area contributed by atoms with E-state index in [-0.39, 0.29) is 6.54 Å². The van der Waals surface area contributed by atoms with Crippen molar-refractivity contribution in [3.8, 4) is 0 Å². The van der Waals surface area contributed by atoms with Crippen LogP contribution >= 0.6 is 0 Å². The van der Waals surface area contributed by atoms with Crippen LogP contribution in [0.1, 0.15) is 19.8 Å². The van der Waals surface area contributed by atoms with Gasteiger partial charge < -0.3 is 15.9 Å². The van der Waals surface area contributed by atoms with E-state index >= 15 is 0 Å². The van der Waals surface area contributed by atoms with E-state index in [1.165, 1.54) is 6.92 Å². The van der Waals surface area contributed by atoms with Crippen molar-refractivity contribution in [3.05, 3.63) is 0 Å². The maximum atomic E-state index is 10.7. The van der Waals surface area contributed by atoms with Gasteiger partial charge in [0.25, 0.3) is 0 Å². The summed E-state index contributed by atoms with van der Waals surface area (Å²) in [6.45, 7) is 3.78. The van der Waals surface area contributed by atoms with Crippen LogP contribution in [0.3, 0.4) is 0 Å². The molecule has 0 radical (unpaired) electrons. The summed E-state index contributed by atoms with van der Waals surface area (Å²) in [5.41, 5.74) is 3.93. The number of carboxylic acid groups (broad SMARTS) is 1. The number of carboxylic acids is 1. The van der Waals surface area contributed by atoms with Crippen molar-refractivity contribution in [2.45, 2.75) is 25.4 Å². The van der Waals surface area contributed by atoms with Crippen molar-refractivity contribution in [1.29, 1.82) is 0 Å². The van der Waals surface area contributed by atoms with Gasteiger partial charge in [-0.05, 0) is 38.8 Å². The lowest BCUT2D eigenvalue weighted by molar-refractivity contribution is -0.158. The zero-order valence-corrected chi connectivity index (χ0v) is 9.15. The second-order valence-corrected chi connectivity index (χ2v) is 4.56. The molecular weight excluding hydrogens is 196 g/mol. The third kappa shape index (κ3) is 3.44. The van der Waals surface area contributed by atoms with Gasteiger partial charge in [-0.1, -0.05) is 0 Å². The number of hydrogen-bond donors (Lipinski definition) is 3. The summed E-state index contributed by atoms with van der Waals surface area (Å²) in [6.07, 6.45) is 2.12. The molecule has 1 aliphatic rings. The molecular formula is C10H20N2O3. The zero-order valence-electron chi connectivity index (χ0n) is 9.15. The quantitative estimate of drug-likeness (QED) is 0.589. The first-order valence-corrected chi connectivity index (χ1v) is 5.34. The molecule has 15 heavy (non-hydrogen) atoms. The Kier molecular flexibility index (Phi) is 4.07. The molecule has 1 rings (SSSR count). The Bertz CT molecular complexity index is 231. The van der Waals surface area contributed by atoms with Gasteiger partial charge in [0.05, 0.1) is 0 Å². The molecule has 0 bridgehead atoms. The van der Waals surface area contributed by atoms with Crippen LogP contribution in [0.5, 0.6) is 0 Å². The number of nitrogens with zero attached hydrogens (tertiary/aromatic N) is 1. The lowest BCUT2D eigenvalue weighted by atomic mass is 9.96. The molecule has 2 unspecified atom stereocenters. The van der Waals surface area contributed by atoms with Gasteiger partial charge in [-0.15, -0.1) is 0 Å². The molecule has 88 valence electrons. The Labute approximate surface area is 89.9 Å². The molecule has 1 aliphatic heterocycles. The SMILES string of the molecule is CC(O)(CN1CCCC(CN)C1)C(=O)O.